The largest absolute Gasteiger partial charge is 0.494 e. The van der Waals surface area contributed by atoms with E-state index in [1.54, 1.807) is 0 Å². The van der Waals surface area contributed by atoms with E-state index in [2.05, 4.69) is 0 Å². The molecule has 1 saturated heterocycles. The van der Waals surface area contributed by atoms with Crippen molar-refractivity contribution in [2.24, 2.45) is 0 Å². The molecule has 9 heteroatoms. The van der Waals surface area contributed by atoms with Crippen molar-refractivity contribution < 1.29 is 39.7 Å². The Morgan fingerprint density at radius 2 is 1.85 bits per heavy atom. The maximum Gasteiger partial charge on any atom is 0.141 e. The molecule has 0 spiro atoms. The molecule has 1 fully saturated rings. The van der Waals surface area contributed by atoms with E-state index in [4.69, 9.17) is 30.9 Å². The second-order valence-corrected chi connectivity index (χ2v) is 9.20. The second-order valence-electron chi connectivity index (χ2n) is 8.83. The van der Waals surface area contributed by atoms with E-state index in [1.165, 1.54) is 6.92 Å². The van der Waals surface area contributed by atoms with Crippen LogP contribution in [0.2, 0.25) is 5.02 Å². The lowest BCUT2D eigenvalue weighted by molar-refractivity contribution is -0.243. The first kappa shape index (κ1) is 25.2. The Labute approximate surface area is 203 Å². The lowest BCUT2D eigenvalue weighted by Gasteiger charge is -2.42. The van der Waals surface area contributed by atoms with Gasteiger partial charge in [-0.25, -0.2) is 0 Å². The molecule has 0 aromatic heterocycles. The molecule has 2 heterocycles. The van der Waals surface area contributed by atoms with Crippen molar-refractivity contribution >= 4 is 11.6 Å². The van der Waals surface area contributed by atoms with Crippen molar-refractivity contribution in [3.05, 3.63) is 57.6 Å². The van der Waals surface area contributed by atoms with Crippen LogP contribution in [-0.2, 0) is 17.6 Å². The standard InChI is InChI=1S/C25H31ClO8/c1-13(28)23-21(30)20(29)22(31)25(34-23)18-12-15(19(26)24-17(18)7-10-33-24)11-14-3-5-16(6-4-14)32-9-2-8-27/h3-6,12-13,20-23,25,27-31H,2,7-11H2,1H3/t13?,20-,21-,22+,23+,25-/m0/s1. The van der Waals surface area contributed by atoms with Crippen LogP contribution < -0.4 is 9.47 Å². The maximum absolute atomic E-state index is 10.7. The van der Waals surface area contributed by atoms with E-state index in [1.807, 2.05) is 30.3 Å². The van der Waals surface area contributed by atoms with E-state index in [0.717, 1.165) is 16.7 Å². The van der Waals surface area contributed by atoms with Crippen LogP contribution in [0, 0.1) is 0 Å². The summed E-state index contributed by atoms with van der Waals surface area (Å²) in [4.78, 5) is 0. The van der Waals surface area contributed by atoms with Crippen LogP contribution in [0.5, 0.6) is 11.5 Å². The molecule has 2 aromatic rings. The van der Waals surface area contributed by atoms with Gasteiger partial charge in [-0.3, -0.25) is 0 Å². The molecular formula is C25H31ClO8. The minimum Gasteiger partial charge on any atom is -0.494 e. The fourth-order valence-electron chi connectivity index (χ4n) is 4.53. The summed E-state index contributed by atoms with van der Waals surface area (Å²) < 4.78 is 17.3. The Hall–Kier alpha value is -1.91. The normalized spacial score (nSPS) is 27.2. The highest BCUT2D eigenvalue weighted by molar-refractivity contribution is 6.33. The van der Waals surface area contributed by atoms with Gasteiger partial charge >= 0.3 is 0 Å². The van der Waals surface area contributed by atoms with Crippen LogP contribution in [0.3, 0.4) is 0 Å². The van der Waals surface area contributed by atoms with Crippen molar-refractivity contribution in [2.45, 2.75) is 62.8 Å². The molecule has 34 heavy (non-hydrogen) atoms. The molecule has 2 aromatic carbocycles. The first-order valence-corrected chi connectivity index (χ1v) is 11.9. The first-order valence-electron chi connectivity index (χ1n) is 11.5. The zero-order valence-corrected chi connectivity index (χ0v) is 19.7. The van der Waals surface area contributed by atoms with Crippen molar-refractivity contribution in [1.82, 2.24) is 0 Å². The maximum atomic E-state index is 10.7. The van der Waals surface area contributed by atoms with Crippen LogP contribution in [-0.4, -0.2) is 75.9 Å². The molecule has 0 radical (unpaired) electrons. The van der Waals surface area contributed by atoms with E-state index in [0.29, 0.717) is 54.6 Å². The van der Waals surface area contributed by atoms with Crippen molar-refractivity contribution in [3.8, 4) is 11.5 Å². The average molecular weight is 495 g/mol. The summed E-state index contributed by atoms with van der Waals surface area (Å²) >= 11 is 6.69. The van der Waals surface area contributed by atoms with Gasteiger partial charge in [-0.15, -0.1) is 0 Å². The lowest BCUT2D eigenvalue weighted by atomic mass is 9.86. The fraction of sp³-hybridized carbons (Fsp3) is 0.520. The van der Waals surface area contributed by atoms with Gasteiger partial charge in [-0.2, -0.15) is 0 Å². The third-order valence-electron chi connectivity index (χ3n) is 6.35. The van der Waals surface area contributed by atoms with Gasteiger partial charge in [0.15, 0.2) is 0 Å². The van der Waals surface area contributed by atoms with E-state index in [9.17, 15) is 20.4 Å². The van der Waals surface area contributed by atoms with Crippen LogP contribution in [0.15, 0.2) is 30.3 Å². The molecule has 0 amide bonds. The summed E-state index contributed by atoms with van der Waals surface area (Å²) in [6.07, 6.45) is -5.75. The number of ether oxygens (including phenoxy) is 3. The molecule has 8 nitrogen and oxygen atoms in total. The van der Waals surface area contributed by atoms with Gasteiger partial charge < -0.3 is 39.7 Å². The Balaban J connectivity index is 1.63. The number of fused-ring (bicyclic) bond motifs is 1. The highest BCUT2D eigenvalue weighted by Crippen LogP contribution is 2.45. The predicted molar refractivity (Wildman–Crippen MR) is 124 cm³/mol. The van der Waals surface area contributed by atoms with Crippen LogP contribution in [0.25, 0.3) is 0 Å². The Morgan fingerprint density at radius 3 is 2.53 bits per heavy atom. The minimum absolute atomic E-state index is 0.0761. The zero-order chi connectivity index (χ0) is 24.4. The molecule has 6 atom stereocenters. The topological polar surface area (TPSA) is 129 Å². The number of aliphatic hydroxyl groups is 5. The van der Waals surface area contributed by atoms with Gasteiger partial charge in [-0.05, 0) is 42.2 Å². The third-order valence-corrected chi connectivity index (χ3v) is 6.77. The Bertz CT molecular complexity index is 980. The summed E-state index contributed by atoms with van der Waals surface area (Å²) in [6, 6.07) is 9.40. The summed E-state index contributed by atoms with van der Waals surface area (Å²) in [5.41, 5.74) is 3.15. The van der Waals surface area contributed by atoms with Gasteiger partial charge in [0.2, 0.25) is 0 Å². The van der Waals surface area contributed by atoms with E-state index >= 15 is 0 Å². The molecule has 1 unspecified atom stereocenters. The Morgan fingerprint density at radius 1 is 1.12 bits per heavy atom. The van der Waals surface area contributed by atoms with Gasteiger partial charge in [0.05, 0.1) is 24.3 Å². The molecule has 5 N–H and O–H groups in total. The quantitative estimate of drug-likeness (QED) is 0.349. The summed E-state index contributed by atoms with van der Waals surface area (Å²) in [7, 11) is 0. The molecule has 2 aliphatic rings. The third kappa shape index (κ3) is 5.04. The molecule has 0 saturated carbocycles. The van der Waals surface area contributed by atoms with Gasteiger partial charge in [0.1, 0.15) is 42.0 Å². The van der Waals surface area contributed by atoms with Crippen LogP contribution >= 0.6 is 11.6 Å². The van der Waals surface area contributed by atoms with Crippen LogP contribution in [0.1, 0.15) is 41.7 Å². The molecule has 0 aliphatic carbocycles. The van der Waals surface area contributed by atoms with Crippen molar-refractivity contribution in [3.63, 3.8) is 0 Å². The highest BCUT2D eigenvalue weighted by Gasteiger charge is 2.47. The first-order chi connectivity index (χ1) is 16.3. The number of rotatable bonds is 8. The number of hydrogen-bond acceptors (Lipinski definition) is 8. The number of benzene rings is 2. The smallest absolute Gasteiger partial charge is 0.141 e. The van der Waals surface area contributed by atoms with Crippen LogP contribution in [0.4, 0.5) is 0 Å². The van der Waals surface area contributed by atoms with Crippen molar-refractivity contribution in [2.75, 3.05) is 19.8 Å². The van der Waals surface area contributed by atoms with Crippen molar-refractivity contribution in [1.29, 1.82) is 0 Å². The Kier molecular flexibility index (Phi) is 7.99. The lowest BCUT2D eigenvalue weighted by Crippen LogP contribution is -2.57. The second kappa shape index (κ2) is 10.8. The van der Waals surface area contributed by atoms with Gasteiger partial charge in [-0.1, -0.05) is 29.8 Å². The van der Waals surface area contributed by atoms with Gasteiger partial charge in [0.25, 0.3) is 0 Å². The fourth-order valence-corrected chi connectivity index (χ4v) is 4.82. The number of aliphatic hydroxyl groups excluding tert-OH is 5. The van der Waals surface area contributed by atoms with Gasteiger partial charge in [0, 0.05) is 25.0 Å². The molecule has 4 rings (SSSR count). The average Bonchev–Trinajstić information content (AvgIpc) is 3.31. The van der Waals surface area contributed by atoms with E-state index in [-0.39, 0.29) is 6.61 Å². The predicted octanol–water partition coefficient (Wildman–Crippen LogP) is 1.53. The zero-order valence-electron chi connectivity index (χ0n) is 18.9. The van der Waals surface area contributed by atoms with E-state index < -0.39 is 36.6 Å². The monoisotopic (exact) mass is 494 g/mol. The molecular weight excluding hydrogens is 464 g/mol. The number of halogens is 1. The summed E-state index contributed by atoms with van der Waals surface area (Å²) in [6.45, 7) is 2.41. The minimum atomic E-state index is -1.48. The number of hydrogen-bond donors (Lipinski definition) is 5. The summed E-state index contributed by atoms with van der Waals surface area (Å²) in [5.74, 6) is 1.24. The molecule has 0 bridgehead atoms. The highest BCUT2D eigenvalue weighted by atomic mass is 35.5. The SMILES string of the molecule is CC(O)[C@H]1O[C@@H](c2cc(Cc3ccc(OCCCO)cc3)c(Cl)c3c2CCO3)[C@H](O)[C@@H](O)[C@@H]1O. The summed E-state index contributed by atoms with van der Waals surface area (Å²) in [5, 5.41) is 50.8. The molecule has 2 aliphatic heterocycles. The molecule has 186 valence electrons.